The molecule has 1 unspecified atom stereocenters. The van der Waals surface area contributed by atoms with Gasteiger partial charge in [0, 0.05) is 12.1 Å². The first kappa shape index (κ1) is 23.1. The van der Waals surface area contributed by atoms with Crippen LogP contribution in [0.15, 0.2) is 66.7 Å². The topological polar surface area (TPSA) is 32.3 Å². The first-order valence-electron chi connectivity index (χ1n) is 11.1. The Bertz CT molecular complexity index is 1120. The number of rotatable bonds is 5. The number of amides is 1. The second-order valence-electron chi connectivity index (χ2n) is 8.84. The van der Waals surface area contributed by atoms with Crippen molar-refractivity contribution in [3.63, 3.8) is 0 Å². The molecule has 3 aromatic carbocycles. The van der Waals surface area contributed by atoms with Crippen molar-refractivity contribution in [3.8, 4) is 11.1 Å². The highest BCUT2D eigenvalue weighted by Crippen LogP contribution is 2.32. The SMILES string of the molecule is CN(C)Cc1ccc2c(c1)CCCC2NC(=O)c1ccc(-c2ccc(C(F)(F)F)cc2)cc1. The van der Waals surface area contributed by atoms with Crippen molar-refractivity contribution in [3.05, 3.63) is 94.5 Å². The molecule has 172 valence electrons. The van der Waals surface area contributed by atoms with Gasteiger partial charge in [-0.1, -0.05) is 42.5 Å². The van der Waals surface area contributed by atoms with E-state index in [2.05, 4.69) is 28.4 Å². The molecule has 4 rings (SSSR count). The fraction of sp³-hybridized carbons (Fsp3) is 0.296. The van der Waals surface area contributed by atoms with E-state index in [1.54, 1.807) is 24.3 Å². The van der Waals surface area contributed by atoms with Crippen LogP contribution in [0.2, 0.25) is 0 Å². The number of benzene rings is 3. The summed E-state index contributed by atoms with van der Waals surface area (Å²) in [6.45, 7) is 0.885. The third-order valence-electron chi connectivity index (χ3n) is 6.02. The van der Waals surface area contributed by atoms with Crippen LogP contribution in [-0.2, 0) is 19.1 Å². The number of hydrogen-bond acceptors (Lipinski definition) is 2. The fourth-order valence-corrected chi connectivity index (χ4v) is 4.39. The predicted octanol–water partition coefficient (Wildman–Crippen LogP) is 6.24. The molecule has 0 saturated carbocycles. The van der Waals surface area contributed by atoms with Crippen LogP contribution in [-0.4, -0.2) is 24.9 Å². The highest BCUT2D eigenvalue weighted by Gasteiger charge is 2.30. The van der Waals surface area contributed by atoms with Crippen molar-refractivity contribution in [1.82, 2.24) is 10.2 Å². The van der Waals surface area contributed by atoms with Gasteiger partial charge in [-0.3, -0.25) is 4.79 Å². The van der Waals surface area contributed by atoms with Gasteiger partial charge in [0.2, 0.25) is 0 Å². The summed E-state index contributed by atoms with van der Waals surface area (Å²) in [6, 6.07) is 18.5. The van der Waals surface area contributed by atoms with Gasteiger partial charge in [0.25, 0.3) is 5.91 Å². The molecule has 3 aromatic rings. The van der Waals surface area contributed by atoms with Gasteiger partial charge in [-0.2, -0.15) is 13.2 Å². The fourth-order valence-electron chi connectivity index (χ4n) is 4.39. The van der Waals surface area contributed by atoms with Crippen LogP contribution in [0.25, 0.3) is 11.1 Å². The van der Waals surface area contributed by atoms with Crippen molar-refractivity contribution in [2.24, 2.45) is 0 Å². The zero-order valence-corrected chi connectivity index (χ0v) is 18.7. The Hall–Kier alpha value is -3.12. The Kier molecular flexibility index (Phi) is 6.56. The molecule has 0 radical (unpaired) electrons. The van der Waals surface area contributed by atoms with Crippen molar-refractivity contribution in [2.75, 3.05) is 14.1 Å². The molecule has 6 heteroatoms. The van der Waals surface area contributed by atoms with Crippen LogP contribution in [0.5, 0.6) is 0 Å². The zero-order chi connectivity index (χ0) is 23.6. The number of nitrogens with zero attached hydrogens (tertiary/aromatic N) is 1. The average Bonchev–Trinajstić information content (AvgIpc) is 2.78. The first-order chi connectivity index (χ1) is 15.7. The van der Waals surface area contributed by atoms with Crippen molar-refractivity contribution in [2.45, 2.75) is 38.0 Å². The van der Waals surface area contributed by atoms with Crippen molar-refractivity contribution in [1.29, 1.82) is 0 Å². The summed E-state index contributed by atoms with van der Waals surface area (Å²) < 4.78 is 38.3. The van der Waals surface area contributed by atoms with Crippen molar-refractivity contribution < 1.29 is 18.0 Å². The van der Waals surface area contributed by atoms with Gasteiger partial charge >= 0.3 is 6.18 Å². The minimum absolute atomic E-state index is 0.0238. The Morgan fingerprint density at radius 1 is 0.970 bits per heavy atom. The summed E-state index contributed by atoms with van der Waals surface area (Å²) >= 11 is 0. The van der Waals surface area contributed by atoms with E-state index in [1.807, 2.05) is 14.1 Å². The lowest BCUT2D eigenvalue weighted by molar-refractivity contribution is -0.137. The summed E-state index contributed by atoms with van der Waals surface area (Å²) in [6.07, 6.45) is -1.41. The third-order valence-corrected chi connectivity index (χ3v) is 6.02. The van der Waals surface area contributed by atoms with Gasteiger partial charge in [0.05, 0.1) is 11.6 Å². The molecule has 1 aliphatic carbocycles. The maximum atomic E-state index is 12.9. The summed E-state index contributed by atoms with van der Waals surface area (Å²) in [5, 5.41) is 3.16. The molecular weight excluding hydrogens is 425 g/mol. The number of hydrogen-bond donors (Lipinski definition) is 1. The molecule has 1 atom stereocenters. The second kappa shape index (κ2) is 9.40. The van der Waals surface area contributed by atoms with E-state index in [9.17, 15) is 18.0 Å². The number of alkyl halides is 3. The van der Waals surface area contributed by atoms with Crippen LogP contribution in [0, 0.1) is 0 Å². The van der Waals surface area contributed by atoms with Gasteiger partial charge in [-0.05, 0) is 85.4 Å². The largest absolute Gasteiger partial charge is 0.416 e. The molecule has 0 bridgehead atoms. The summed E-state index contributed by atoms with van der Waals surface area (Å²) in [5.74, 6) is -0.149. The van der Waals surface area contributed by atoms with E-state index in [0.717, 1.165) is 43.5 Å². The van der Waals surface area contributed by atoms with Gasteiger partial charge < -0.3 is 10.2 Å². The van der Waals surface area contributed by atoms with Gasteiger partial charge in [-0.15, -0.1) is 0 Å². The Balaban J connectivity index is 1.45. The molecule has 0 spiro atoms. The number of halogens is 3. The zero-order valence-electron chi connectivity index (χ0n) is 18.7. The van der Waals surface area contributed by atoms with E-state index in [1.165, 1.54) is 28.8 Å². The predicted molar refractivity (Wildman–Crippen MR) is 124 cm³/mol. The minimum atomic E-state index is -4.36. The Labute approximate surface area is 192 Å². The van der Waals surface area contributed by atoms with E-state index >= 15 is 0 Å². The number of nitrogens with one attached hydrogen (secondary N) is 1. The maximum Gasteiger partial charge on any atom is 0.416 e. The molecule has 0 saturated heterocycles. The molecule has 33 heavy (non-hydrogen) atoms. The van der Waals surface area contributed by atoms with Crippen LogP contribution < -0.4 is 5.32 Å². The molecule has 0 aromatic heterocycles. The van der Waals surface area contributed by atoms with E-state index in [-0.39, 0.29) is 11.9 Å². The standard InChI is InChI=1S/C27H27F3N2O/c1-32(2)17-18-6-15-24-22(16-18)4-3-5-25(24)31-26(33)21-9-7-19(8-10-21)20-11-13-23(14-12-20)27(28,29)30/h6-16,25H,3-5,17H2,1-2H3,(H,31,33). The molecule has 1 amide bonds. The Morgan fingerprint density at radius 2 is 1.61 bits per heavy atom. The van der Waals surface area contributed by atoms with E-state index in [0.29, 0.717) is 11.1 Å². The van der Waals surface area contributed by atoms with Crippen molar-refractivity contribution >= 4 is 5.91 Å². The van der Waals surface area contributed by atoms with Gasteiger partial charge in [-0.25, -0.2) is 0 Å². The average molecular weight is 453 g/mol. The first-order valence-corrected chi connectivity index (χ1v) is 11.1. The lowest BCUT2D eigenvalue weighted by atomic mass is 9.86. The normalized spacial score (nSPS) is 15.9. The quantitative estimate of drug-likeness (QED) is 0.497. The molecule has 3 nitrogen and oxygen atoms in total. The number of aryl methyl sites for hydroxylation is 1. The summed E-state index contributed by atoms with van der Waals surface area (Å²) in [5.41, 5.74) is 5.03. The Morgan fingerprint density at radius 3 is 2.21 bits per heavy atom. The van der Waals surface area contributed by atoms with Crippen LogP contribution in [0.4, 0.5) is 13.2 Å². The number of fused-ring (bicyclic) bond motifs is 1. The highest BCUT2D eigenvalue weighted by atomic mass is 19.4. The molecule has 1 N–H and O–H groups in total. The van der Waals surface area contributed by atoms with E-state index < -0.39 is 11.7 Å². The smallest absolute Gasteiger partial charge is 0.345 e. The highest BCUT2D eigenvalue weighted by molar-refractivity contribution is 5.95. The van der Waals surface area contributed by atoms with Gasteiger partial charge in [0.1, 0.15) is 0 Å². The number of carbonyl (C=O) groups excluding carboxylic acids is 1. The lowest BCUT2D eigenvalue weighted by Crippen LogP contribution is -2.31. The summed E-state index contributed by atoms with van der Waals surface area (Å²) in [4.78, 5) is 15.0. The molecule has 0 aliphatic heterocycles. The van der Waals surface area contributed by atoms with Crippen LogP contribution in [0.1, 0.15) is 51.5 Å². The monoisotopic (exact) mass is 452 g/mol. The molecular formula is C27H27F3N2O. The minimum Gasteiger partial charge on any atom is -0.345 e. The van der Waals surface area contributed by atoms with Gasteiger partial charge in [0.15, 0.2) is 0 Å². The maximum absolute atomic E-state index is 12.9. The molecule has 1 aliphatic rings. The van der Waals surface area contributed by atoms with Crippen LogP contribution >= 0.6 is 0 Å². The molecule has 0 heterocycles. The number of carbonyl (C=O) groups is 1. The summed E-state index contributed by atoms with van der Waals surface area (Å²) in [7, 11) is 4.09. The third kappa shape index (κ3) is 5.45. The van der Waals surface area contributed by atoms with Crippen LogP contribution in [0.3, 0.4) is 0 Å². The molecule has 0 fully saturated rings. The lowest BCUT2D eigenvalue weighted by Gasteiger charge is -2.27. The van der Waals surface area contributed by atoms with E-state index in [4.69, 9.17) is 0 Å². The second-order valence-corrected chi connectivity index (χ2v) is 8.84.